The van der Waals surface area contributed by atoms with Gasteiger partial charge in [0.15, 0.2) is 5.82 Å². The fourth-order valence-electron chi connectivity index (χ4n) is 3.38. The molecule has 4 rings (SSSR count). The van der Waals surface area contributed by atoms with Crippen LogP contribution in [0.25, 0.3) is 11.4 Å². The number of nitrogens with zero attached hydrogens (tertiary/aromatic N) is 4. The lowest BCUT2D eigenvalue weighted by Gasteiger charge is -2.16. The van der Waals surface area contributed by atoms with Crippen molar-refractivity contribution < 1.29 is 4.74 Å². The summed E-state index contributed by atoms with van der Waals surface area (Å²) in [6.07, 6.45) is 7.34. The topological polar surface area (TPSA) is 51.1 Å². The Bertz CT molecular complexity index is 1000. The van der Waals surface area contributed by atoms with Crippen molar-refractivity contribution in [3.8, 4) is 22.3 Å². The first-order chi connectivity index (χ1) is 14.0. The number of aryl methyl sites for hydroxylation is 2. The highest BCUT2D eigenvalue weighted by Crippen LogP contribution is 2.40. The molecule has 5 nitrogen and oxygen atoms in total. The normalized spacial score (nSPS) is 13.4. The minimum absolute atomic E-state index is 0. The molecule has 160 valence electrons. The van der Waals surface area contributed by atoms with Gasteiger partial charge in [-0.2, -0.15) is 9.36 Å². The Morgan fingerprint density at radius 2 is 1.93 bits per heavy atom. The molecule has 1 fully saturated rings. The van der Waals surface area contributed by atoms with Gasteiger partial charge in [0.1, 0.15) is 5.75 Å². The highest BCUT2D eigenvalue weighted by molar-refractivity contribution is 7.07. The summed E-state index contributed by atoms with van der Waals surface area (Å²) in [4.78, 5) is 11.3. The van der Waals surface area contributed by atoms with Crippen molar-refractivity contribution in [1.29, 1.82) is 0 Å². The molecule has 0 unspecified atom stereocenters. The Hall–Kier alpha value is -2.02. The van der Waals surface area contributed by atoms with Gasteiger partial charge in [0.05, 0.1) is 0 Å². The van der Waals surface area contributed by atoms with Gasteiger partial charge in [0, 0.05) is 36.0 Å². The van der Waals surface area contributed by atoms with E-state index in [4.69, 9.17) is 4.74 Å². The predicted octanol–water partition coefficient (Wildman–Crippen LogP) is 5.80. The highest BCUT2D eigenvalue weighted by Gasteiger charge is 2.24. The van der Waals surface area contributed by atoms with Crippen molar-refractivity contribution in [3.05, 3.63) is 52.8 Å². The lowest BCUT2D eigenvalue weighted by atomic mass is 10.0. The molecule has 1 aliphatic rings. The van der Waals surface area contributed by atoms with Gasteiger partial charge in [-0.15, -0.1) is 12.4 Å². The minimum Gasteiger partial charge on any atom is -0.430 e. The molecule has 1 aliphatic carbocycles. The van der Waals surface area contributed by atoms with E-state index in [0.717, 1.165) is 36.4 Å². The third-order valence-electron chi connectivity index (χ3n) is 5.61. The smallest absolute Gasteiger partial charge is 0.299 e. The first kappa shape index (κ1) is 22.7. The second kappa shape index (κ2) is 9.86. The fraction of sp³-hybridized carbons (Fsp3) is 0.435. The van der Waals surface area contributed by atoms with E-state index in [1.54, 1.807) is 0 Å². The zero-order valence-electron chi connectivity index (χ0n) is 18.0. The van der Waals surface area contributed by atoms with Gasteiger partial charge < -0.3 is 9.64 Å². The molecule has 30 heavy (non-hydrogen) atoms. The number of pyridine rings is 1. The van der Waals surface area contributed by atoms with Crippen LogP contribution in [0.1, 0.15) is 47.9 Å². The zero-order valence-corrected chi connectivity index (χ0v) is 19.6. The van der Waals surface area contributed by atoms with Gasteiger partial charge in [0.25, 0.3) is 5.19 Å². The summed E-state index contributed by atoms with van der Waals surface area (Å²) in [5, 5.41) is 0.567. The highest BCUT2D eigenvalue weighted by atomic mass is 35.5. The van der Waals surface area contributed by atoms with Crippen LogP contribution in [-0.4, -0.2) is 39.4 Å². The number of benzene rings is 1. The van der Waals surface area contributed by atoms with Gasteiger partial charge in [-0.05, 0) is 87.0 Å². The quantitative estimate of drug-likeness (QED) is 0.439. The molecule has 2 heterocycles. The number of likely N-dealkylation sites (N-methyl/N-ethyl adjacent to an activating group) is 1. The summed E-state index contributed by atoms with van der Waals surface area (Å²) in [5.41, 5.74) is 6.00. The number of halogens is 1. The van der Waals surface area contributed by atoms with Gasteiger partial charge in [-0.3, -0.25) is 4.98 Å². The van der Waals surface area contributed by atoms with E-state index in [1.165, 1.54) is 41.1 Å². The molecular formula is C23H29ClN4OS. The Morgan fingerprint density at radius 1 is 1.13 bits per heavy atom. The van der Waals surface area contributed by atoms with Crippen LogP contribution in [0.2, 0.25) is 0 Å². The standard InChI is InChI=1S/C23H28N4OS.ClH/c1-5-27(4)9-8-18-10-16(3)21(11-15(18)2)28-23-25-22(26-29-23)20-12-19(13-24-14-20)17-6-7-17;/h10-14,17H,5-9H2,1-4H3;1H. The van der Waals surface area contributed by atoms with Gasteiger partial charge in [-0.1, -0.05) is 13.0 Å². The lowest BCUT2D eigenvalue weighted by molar-refractivity contribution is 0.357. The van der Waals surface area contributed by atoms with Crippen LogP contribution < -0.4 is 4.74 Å². The van der Waals surface area contributed by atoms with E-state index in [9.17, 15) is 0 Å². The Labute approximate surface area is 189 Å². The maximum absolute atomic E-state index is 6.10. The maximum atomic E-state index is 6.10. The molecule has 0 bridgehead atoms. The number of ether oxygens (including phenoxy) is 1. The average Bonchev–Trinajstić information content (AvgIpc) is 3.48. The van der Waals surface area contributed by atoms with Crippen LogP contribution in [0.4, 0.5) is 0 Å². The monoisotopic (exact) mass is 444 g/mol. The first-order valence-electron chi connectivity index (χ1n) is 10.3. The van der Waals surface area contributed by atoms with Crippen molar-refractivity contribution in [2.24, 2.45) is 0 Å². The second-order valence-corrected chi connectivity index (χ2v) is 8.67. The second-order valence-electron chi connectivity index (χ2n) is 7.96. The van der Waals surface area contributed by atoms with Crippen molar-refractivity contribution in [2.45, 2.75) is 46.0 Å². The Balaban J connectivity index is 0.00000256. The summed E-state index contributed by atoms with van der Waals surface area (Å²) >= 11 is 1.29. The summed E-state index contributed by atoms with van der Waals surface area (Å²) in [6.45, 7) is 8.55. The van der Waals surface area contributed by atoms with Crippen LogP contribution >= 0.6 is 23.9 Å². The minimum atomic E-state index is 0. The third kappa shape index (κ3) is 5.36. The largest absolute Gasteiger partial charge is 0.430 e. The number of hydrogen-bond donors (Lipinski definition) is 0. The molecular weight excluding hydrogens is 416 g/mol. The summed E-state index contributed by atoms with van der Waals surface area (Å²) < 4.78 is 10.6. The summed E-state index contributed by atoms with van der Waals surface area (Å²) in [7, 11) is 2.16. The molecule has 2 aromatic heterocycles. The van der Waals surface area contributed by atoms with Crippen LogP contribution in [-0.2, 0) is 6.42 Å². The van der Waals surface area contributed by atoms with Gasteiger partial charge in [-0.25, -0.2) is 0 Å². The predicted molar refractivity (Wildman–Crippen MR) is 125 cm³/mol. The first-order valence-corrected chi connectivity index (χ1v) is 11.1. The Morgan fingerprint density at radius 3 is 2.67 bits per heavy atom. The van der Waals surface area contributed by atoms with Gasteiger partial charge in [0.2, 0.25) is 0 Å². The molecule has 3 aromatic rings. The van der Waals surface area contributed by atoms with Crippen LogP contribution in [0.5, 0.6) is 10.9 Å². The number of aromatic nitrogens is 3. The zero-order chi connectivity index (χ0) is 20.4. The molecule has 1 saturated carbocycles. The third-order valence-corrected chi connectivity index (χ3v) is 6.20. The van der Waals surface area contributed by atoms with E-state index in [1.807, 2.05) is 12.4 Å². The van der Waals surface area contributed by atoms with Crippen LogP contribution in [0.3, 0.4) is 0 Å². The number of rotatable bonds is 8. The molecule has 0 N–H and O–H groups in total. The van der Waals surface area contributed by atoms with Crippen LogP contribution in [0, 0.1) is 13.8 Å². The number of hydrogen-bond acceptors (Lipinski definition) is 6. The van der Waals surface area contributed by atoms with Crippen molar-refractivity contribution >= 4 is 23.9 Å². The van der Waals surface area contributed by atoms with Crippen molar-refractivity contribution in [3.63, 3.8) is 0 Å². The van der Waals surface area contributed by atoms with Crippen LogP contribution in [0.15, 0.2) is 30.6 Å². The molecule has 0 amide bonds. The van der Waals surface area contributed by atoms with Crippen molar-refractivity contribution in [1.82, 2.24) is 19.2 Å². The van der Waals surface area contributed by atoms with Crippen molar-refractivity contribution in [2.75, 3.05) is 20.1 Å². The molecule has 7 heteroatoms. The molecule has 1 aromatic carbocycles. The molecule has 0 spiro atoms. The summed E-state index contributed by atoms with van der Waals surface area (Å²) in [6, 6.07) is 6.51. The van der Waals surface area contributed by atoms with Gasteiger partial charge >= 0.3 is 0 Å². The van der Waals surface area contributed by atoms with E-state index >= 15 is 0 Å². The van der Waals surface area contributed by atoms with E-state index < -0.39 is 0 Å². The van der Waals surface area contributed by atoms with E-state index in [0.29, 0.717) is 16.9 Å². The molecule has 0 saturated heterocycles. The van der Waals surface area contributed by atoms with E-state index in [2.05, 4.69) is 65.3 Å². The maximum Gasteiger partial charge on any atom is 0.299 e. The molecule has 0 radical (unpaired) electrons. The average molecular weight is 445 g/mol. The molecule has 0 aliphatic heterocycles. The summed E-state index contributed by atoms with van der Waals surface area (Å²) in [5.74, 6) is 2.20. The van der Waals surface area contributed by atoms with E-state index in [-0.39, 0.29) is 12.4 Å². The fourth-order valence-corrected chi connectivity index (χ4v) is 3.95. The molecule has 0 atom stereocenters. The Kier molecular flexibility index (Phi) is 7.45. The SMILES string of the molecule is CCN(C)CCc1cc(C)c(Oc2nc(-c3cncc(C4CC4)c3)ns2)cc1C.Cl. The lowest BCUT2D eigenvalue weighted by Crippen LogP contribution is -2.20.